The van der Waals surface area contributed by atoms with Gasteiger partial charge < -0.3 is 10.6 Å². The van der Waals surface area contributed by atoms with Crippen LogP contribution >= 0.6 is 0 Å². The Kier molecular flexibility index (Phi) is 6.19. The van der Waals surface area contributed by atoms with Gasteiger partial charge in [-0.25, -0.2) is 0 Å². The van der Waals surface area contributed by atoms with E-state index in [2.05, 4.69) is 16.0 Å². The van der Waals surface area contributed by atoms with E-state index in [1.54, 1.807) is 12.4 Å². The number of aromatic nitrogens is 2. The van der Waals surface area contributed by atoms with E-state index in [0.717, 1.165) is 54.5 Å². The molecule has 1 fully saturated rings. The standard InChI is InChI=1S/C25H28N4O/c1-29(17-18-2-8-24(26)9-3-18)25(30)21-6-4-19(5-7-21)22-14-23(16-28-15-22)20-10-12-27-13-11-20/h4-7,10-16,18,24H,2-3,8-9,17,26H2,1H3. The quantitative estimate of drug-likeness (QED) is 0.689. The van der Waals surface area contributed by atoms with Crippen LogP contribution in [-0.2, 0) is 0 Å². The number of nitrogens with zero attached hydrogens (tertiary/aromatic N) is 3. The molecule has 2 heterocycles. The van der Waals surface area contributed by atoms with Gasteiger partial charge in [0.15, 0.2) is 0 Å². The molecule has 4 rings (SSSR count). The SMILES string of the molecule is CN(CC1CCC(N)CC1)C(=O)c1ccc(-c2cncc(-c3ccncc3)c2)cc1. The molecule has 0 aliphatic heterocycles. The molecule has 0 radical (unpaired) electrons. The number of rotatable bonds is 5. The van der Waals surface area contributed by atoms with Gasteiger partial charge in [-0.05, 0) is 73.1 Å². The minimum absolute atomic E-state index is 0.0695. The van der Waals surface area contributed by atoms with Gasteiger partial charge in [-0.15, -0.1) is 0 Å². The summed E-state index contributed by atoms with van der Waals surface area (Å²) < 4.78 is 0. The molecular formula is C25H28N4O. The maximum Gasteiger partial charge on any atom is 0.253 e. The molecule has 5 heteroatoms. The molecule has 0 atom stereocenters. The van der Waals surface area contributed by atoms with Crippen LogP contribution in [0.25, 0.3) is 22.3 Å². The van der Waals surface area contributed by atoms with Gasteiger partial charge in [0, 0.05) is 61.1 Å². The second-order valence-corrected chi connectivity index (χ2v) is 8.24. The lowest BCUT2D eigenvalue weighted by atomic mass is 9.86. The Hall–Kier alpha value is -3.05. The lowest BCUT2D eigenvalue weighted by Crippen LogP contribution is -2.35. The predicted octanol–water partition coefficient (Wildman–Crippen LogP) is 4.40. The lowest BCUT2D eigenvalue weighted by Gasteiger charge is -2.29. The van der Waals surface area contributed by atoms with Gasteiger partial charge in [0.25, 0.3) is 5.91 Å². The molecule has 2 aromatic heterocycles. The van der Waals surface area contributed by atoms with E-state index < -0.39 is 0 Å². The summed E-state index contributed by atoms with van der Waals surface area (Å²) in [6.45, 7) is 0.797. The summed E-state index contributed by atoms with van der Waals surface area (Å²) in [5.74, 6) is 0.625. The fourth-order valence-electron chi connectivity index (χ4n) is 4.17. The second kappa shape index (κ2) is 9.18. The van der Waals surface area contributed by atoms with Crippen molar-refractivity contribution in [2.75, 3.05) is 13.6 Å². The molecule has 1 amide bonds. The Balaban J connectivity index is 1.44. The Morgan fingerprint density at radius 2 is 1.50 bits per heavy atom. The largest absolute Gasteiger partial charge is 0.341 e. The Labute approximate surface area is 178 Å². The molecule has 30 heavy (non-hydrogen) atoms. The summed E-state index contributed by atoms with van der Waals surface area (Å²) in [6.07, 6.45) is 11.6. The van der Waals surface area contributed by atoms with Crippen molar-refractivity contribution in [2.45, 2.75) is 31.7 Å². The van der Waals surface area contributed by atoms with Gasteiger partial charge in [-0.3, -0.25) is 14.8 Å². The summed E-state index contributed by atoms with van der Waals surface area (Å²) in [5.41, 5.74) is 10.9. The molecular weight excluding hydrogens is 372 g/mol. The number of carbonyl (C=O) groups excluding carboxylic acids is 1. The van der Waals surface area contributed by atoms with Crippen molar-refractivity contribution in [1.82, 2.24) is 14.9 Å². The number of hydrogen-bond donors (Lipinski definition) is 1. The van der Waals surface area contributed by atoms with Crippen LogP contribution in [0.4, 0.5) is 0 Å². The highest BCUT2D eigenvalue weighted by Crippen LogP contribution is 2.26. The zero-order chi connectivity index (χ0) is 20.9. The minimum Gasteiger partial charge on any atom is -0.341 e. The molecule has 0 bridgehead atoms. The maximum atomic E-state index is 12.9. The predicted molar refractivity (Wildman–Crippen MR) is 120 cm³/mol. The van der Waals surface area contributed by atoms with Gasteiger partial charge in [0.05, 0.1) is 0 Å². The first-order chi connectivity index (χ1) is 14.6. The second-order valence-electron chi connectivity index (χ2n) is 8.24. The summed E-state index contributed by atoms with van der Waals surface area (Å²) in [7, 11) is 1.90. The Bertz CT molecular complexity index is 980. The smallest absolute Gasteiger partial charge is 0.253 e. The molecule has 1 aliphatic carbocycles. The van der Waals surface area contributed by atoms with Crippen molar-refractivity contribution in [3.05, 3.63) is 72.8 Å². The van der Waals surface area contributed by atoms with Gasteiger partial charge in [0.2, 0.25) is 0 Å². The molecule has 0 spiro atoms. The molecule has 2 N–H and O–H groups in total. The van der Waals surface area contributed by atoms with E-state index in [0.29, 0.717) is 17.5 Å². The average molecular weight is 401 g/mol. The van der Waals surface area contributed by atoms with Crippen molar-refractivity contribution in [2.24, 2.45) is 11.7 Å². The molecule has 0 saturated heterocycles. The van der Waals surface area contributed by atoms with Crippen LogP contribution in [-0.4, -0.2) is 40.4 Å². The van der Waals surface area contributed by atoms with Gasteiger partial charge in [-0.2, -0.15) is 0 Å². The van der Waals surface area contributed by atoms with Crippen molar-refractivity contribution in [3.63, 3.8) is 0 Å². The third-order valence-electron chi connectivity index (χ3n) is 5.99. The van der Waals surface area contributed by atoms with Crippen molar-refractivity contribution in [3.8, 4) is 22.3 Å². The first kappa shape index (κ1) is 20.2. The van der Waals surface area contributed by atoms with Crippen LogP contribution in [0, 0.1) is 5.92 Å². The Morgan fingerprint density at radius 1 is 0.900 bits per heavy atom. The van der Waals surface area contributed by atoms with Crippen LogP contribution in [0.5, 0.6) is 0 Å². The zero-order valence-electron chi connectivity index (χ0n) is 17.4. The molecule has 3 aromatic rings. The number of nitrogens with two attached hydrogens (primary N) is 1. The monoisotopic (exact) mass is 400 g/mol. The molecule has 5 nitrogen and oxygen atoms in total. The van der Waals surface area contributed by atoms with Crippen LogP contribution < -0.4 is 5.73 Å². The molecule has 1 aromatic carbocycles. The highest BCUT2D eigenvalue weighted by Gasteiger charge is 2.22. The van der Waals surface area contributed by atoms with Crippen molar-refractivity contribution >= 4 is 5.91 Å². The number of hydrogen-bond acceptors (Lipinski definition) is 4. The average Bonchev–Trinajstić information content (AvgIpc) is 2.81. The van der Waals surface area contributed by atoms with Crippen LogP contribution in [0.15, 0.2) is 67.3 Å². The summed E-state index contributed by atoms with van der Waals surface area (Å²) in [5, 5.41) is 0. The number of benzene rings is 1. The van der Waals surface area contributed by atoms with E-state index in [1.807, 2.05) is 60.7 Å². The van der Waals surface area contributed by atoms with E-state index in [-0.39, 0.29) is 5.91 Å². The normalized spacial score (nSPS) is 18.7. The number of amides is 1. The highest BCUT2D eigenvalue weighted by atomic mass is 16.2. The fourth-order valence-corrected chi connectivity index (χ4v) is 4.17. The maximum absolute atomic E-state index is 12.9. The van der Waals surface area contributed by atoms with E-state index in [4.69, 9.17) is 5.73 Å². The number of pyridine rings is 2. The molecule has 0 unspecified atom stereocenters. The van der Waals surface area contributed by atoms with Gasteiger partial charge in [0.1, 0.15) is 0 Å². The van der Waals surface area contributed by atoms with E-state index >= 15 is 0 Å². The van der Waals surface area contributed by atoms with Crippen molar-refractivity contribution < 1.29 is 4.79 Å². The first-order valence-electron chi connectivity index (χ1n) is 10.6. The minimum atomic E-state index is 0.0695. The van der Waals surface area contributed by atoms with Crippen LogP contribution in [0.2, 0.25) is 0 Å². The Morgan fingerprint density at radius 3 is 2.13 bits per heavy atom. The van der Waals surface area contributed by atoms with Gasteiger partial charge in [-0.1, -0.05) is 12.1 Å². The summed E-state index contributed by atoms with van der Waals surface area (Å²) in [6, 6.07) is 14.2. The van der Waals surface area contributed by atoms with E-state index in [9.17, 15) is 4.79 Å². The van der Waals surface area contributed by atoms with Crippen molar-refractivity contribution in [1.29, 1.82) is 0 Å². The van der Waals surface area contributed by atoms with E-state index in [1.165, 1.54) is 0 Å². The van der Waals surface area contributed by atoms with Gasteiger partial charge >= 0.3 is 0 Å². The third kappa shape index (κ3) is 4.74. The molecule has 1 aliphatic rings. The third-order valence-corrected chi connectivity index (χ3v) is 5.99. The topological polar surface area (TPSA) is 72.1 Å². The summed E-state index contributed by atoms with van der Waals surface area (Å²) >= 11 is 0. The highest BCUT2D eigenvalue weighted by molar-refractivity contribution is 5.94. The first-order valence-corrected chi connectivity index (χ1v) is 10.6. The fraction of sp³-hybridized carbons (Fsp3) is 0.320. The van der Waals surface area contributed by atoms with Crippen LogP contribution in [0.1, 0.15) is 36.0 Å². The molecule has 154 valence electrons. The zero-order valence-corrected chi connectivity index (χ0v) is 17.4. The lowest BCUT2D eigenvalue weighted by molar-refractivity contribution is 0.0759. The number of carbonyl (C=O) groups is 1. The van der Waals surface area contributed by atoms with Crippen LogP contribution in [0.3, 0.4) is 0 Å². The summed E-state index contributed by atoms with van der Waals surface area (Å²) in [4.78, 5) is 23.2. The molecule has 1 saturated carbocycles.